The van der Waals surface area contributed by atoms with Crippen molar-refractivity contribution >= 4 is 22.6 Å². The second-order valence-electron chi connectivity index (χ2n) is 6.50. The summed E-state index contributed by atoms with van der Waals surface area (Å²) >= 11 is 0. The Bertz CT molecular complexity index is 1170. The molecule has 0 radical (unpaired) electrons. The third kappa shape index (κ3) is 4.03. The van der Waals surface area contributed by atoms with Crippen LogP contribution in [-0.4, -0.2) is 26.2 Å². The van der Waals surface area contributed by atoms with Crippen LogP contribution in [0.4, 0.5) is 4.39 Å². The van der Waals surface area contributed by atoms with Crippen molar-refractivity contribution in [1.82, 2.24) is 19.9 Å². The zero-order valence-corrected chi connectivity index (χ0v) is 15.4. The maximum absolute atomic E-state index is 13.2. The van der Waals surface area contributed by atoms with E-state index in [1.54, 1.807) is 35.4 Å². The molecule has 0 saturated heterocycles. The fourth-order valence-electron chi connectivity index (χ4n) is 3.11. The molecule has 0 saturated carbocycles. The lowest BCUT2D eigenvalue weighted by Gasteiger charge is -2.06. The number of halogens is 1. The number of nitrogens with one attached hydrogen (secondary N) is 1. The van der Waals surface area contributed by atoms with Crippen LogP contribution in [0, 0.1) is 5.82 Å². The van der Waals surface area contributed by atoms with Crippen molar-refractivity contribution in [3.05, 3.63) is 96.0 Å². The Morgan fingerprint density at radius 3 is 2.62 bits per heavy atom. The Kier molecular flexibility index (Phi) is 5.11. The number of carbonyl (C=O) groups is 2. The van der Waals surface area contributed by atoms with Gasteiger partial charge in [-0.15, -0.1) is 0 Å². The quantitative estimate of drug-likeness (QED) is 0.515. The molecule has 4 aromatic rings. The van der Waals surface area contributed by atoms with Gasteiger partial charge in [-0.05, 0) is 42.5 Å². The lowest BCUT2D eigenvalue weighted by molar-refractivity contribution is -0.121. The normalized spacial score (nSPS) is 10.8. The number of benzene rings is 1. The van der Waals surface area contributed by atoms with Crippen LogP contribution in [0.25, 0.3) is 10.9 Å². The van der Waals surface area contributed by atoms with Crippen LogP contribution in [0.15, 0.2) is 73.3 Å². The average Bonchev–Trinajstić information content (AvgIpc) is 3.11. The fraction of sp³-hybridized carbons (Fsp3) is 0.0909. The molecule has 1 aromatic carbocycles. The second kappa shape index (κ2) is 8.02. The Labute approximate surface area is 166 Å². The minimum absolute atomic E-state index is 0.0335. The molecule has 0 spiro atoms. The van der Waals surface area contributed by atoms with E-state index < -0.39 is 5.82 Å². The van der Waals surface area contributed by atoms with Crippen LogP contribution in [-0.2, 0) is 17.9 Å². The number of fused-ring (bicyclic) bond motifs is 1. The van der Waals surface area contributed by atoms with Crippen molar-refractivity contribution in [2.45, 2.75) is 13.1 Å². The molecular weight excluding hydrogens is 371 g/mol. The summed E-state index contributed by atoms with van der Waals surface area (Å²) in [5.41, 5.74) is 2.24. The standard InChI is InChI=1S/C22H17FN4O2/c23-16-6-4-15(5-7-16)22(29)19-13-27(20-12-24-10-8-18(19)20)14-21(28)26-11-17-3-1-2-9-25-17/h1-10,12-13H,11,14H2,(H,26,28). The highest BCUT2D eigenvalue weighted by Crippen LogP contribution is 2.23. The van der Waals surface area contributed by atoms with Gasteiger partial charge in [0.2, 0.25) is 5.91 Å². The SMILES string of the molecule is O=C(Cn1cc(C(=O)c2ccc(F)cc2)c2ccncc21)NCc1ccccn1. The molecule has 4 rings (SSSR count). The molecule has 3 heterocycles. The summed E-state index contributed by atoms with van der Waals surface area (Å²) < 4.78 is 14.9. The van der Waals surface area contributed by atoms with E-state index in [2.05, 4.69) is 15.3 Å². The zero-order chi connectivity index (χ0) is 20.2. The average molecular weight is 388 g/mol. The molecule has 0 fully saturated rings. The van der Waals surface area contributed by atoms with Gasteiger partial charge in [0.1, 0.15) is 12.4 Å². The lowest BCUT2D eigenvalue weighted by atomic mass is 10.0. The molecule has 0 atom stereocenters. The summed E-state index contributed by atoms with van der Waals surface area (Å²) in [5.74, 6) is -0.858. The Hall–Kier alpha value is -3.87. The van der Waals surface area contributed by atoms with Crippen LogP contribution in [0.3, 0.4) is 0 Å². The van der Waals surface area contributed by atoms with Crippen LogP contribution in [0.2, 0.25) is 0 Å². The third-order valence-electron chi connectivity index (χ3n) is 4.54. The Morgan fingerprint density at radius 1 is 1.03 bits per heavy atom. The molecule has 1 amide bonds. The van der Waals surface area contributed by atoms with Gasteiger partial charge in [-0.25, -0.2) is 4.39 Å². The third-order valence-corrected chi connectivity index (χ3v) is 4.54. The first-order chi connectivity index (χ1) is 14.1. The van der Waals surface area contributed by atoms with Gasteiger partial charge in [-0.2, -0.15) is 0 Å². The second-order valence-corrected chi connectivity index (χ2v) is 6.50. The van der Waals surface area contributed by atoms with E-state index in [-0.39, 0.29) is 18.2 Å². The lowest BCUT2D eigenvalue weighted by Crippen LogP contribution is -2.27. The summed E-state index contributed by atoms with van der Waals surface area (Å²) in [5, 5.41) is 3.51. The van der Waals surface area contributed by atoms with E-state index >= 15 is 0 Å². The first kappa shape index (κ1) is 18.5. The molecular formula is C22H17FN4O2. The van der Waals surface area contributed by atoms with Gasteiger partial charge in [0, 0.05) is 35.1 Å². The molecule has 144 valence electrons. The summed E-state index contributed by atoms with van der Waals surface area (Å²) in [6, 6.07) is 12.6. The first-order valence-electron chi connectivity index (χ1n) is 9.01. The van der Waals surface area contributed by atoms with Crippen LogP contribution < -0.4 is 5.32 Å². The molecule has 1 N–H and O–H groups in total. The molecule has 0 aliphatic rings. The summed E-state index contributed by atoms with van der Waals surface area (Å²) in [4.78, 5) is 33.6. The van der Waals surface area contributed by atoms with Crippen molar-refractivity contribution in [3.63, 3.8) is 0 Å². The molecule has 29 heavy (non-hydrogen) atoms. The smallest absolute Gasteiger partial charge is 0.240 e. The highest BCUT2D eigenvalue weighted by atomic mass is 19.1. The maximum Gasteiger partial charge on any atom is 0.240 e. The summed E-state index contributed by atoms with van der Waals surface area (Å²) in [6.07, 6.45) is 6.51. The van der Waals surface area contributed by atoms with Gasteiger partial charge in [-0.1, -0.05) is 6.07 Å². The number of hydrogen-bond acceptors (Lipinski definition) is 4. The number of hydrogen-bond donors (Lipinski definition) is 1. The van der Waals surface area contributed by atoms with Gasteiger partial charge in [-0.3, -0.25) is 19.6 Å². The predicted octanol–water partition coefficient (Wildman–Crippen LogP) is 3.12. The number of nitrogens with zero attached hydrogens (tertiary/aromatic N) is 3. The van der Waals surface area contributed by atoms with Gasteiger partial charge < -0.3 is 9.88 Å². The monoisotopic (exact) mass is 388 g/mol. The zero-order valence-electron chi connectivity index (χ0n) is 15.4. The van der Waals surface area contributed by atoms with Crippen LogP contribution >= 0.6 is 0 Å². The van der Waals surface area contributed by atoms with Gasteiger partial charge in [0.15, 0.2) is 5.78 Å². The number of amides is 1. The predicted molar refractivity (Wildman–Crippen MR) is 106 cm³/mol. The molecule has 0 aliphatic carbocycles. The Morgan fingerprint density at radius 2 is 1.86 bits per heavy atom. The van der Waals surface area contributed by atoms with E-state index in [1.165, 1.54) is 24.3 Å². The molecule has 0 aliphatic heterocycles. The van der Waals surface area contributed by atoms with Gasteiger partial charge >= 0.3 is 0 Å². The van der Waals surface area contributed by atoms with E-state index in [0.717, 1.165) is 5.69 Å². The van der Waals surface area contributed by atoms with Crippen LogP contribution in [0.1, 0.15) is 21.6 Å². The molecule has 6 nitrogen and oxygen atoms in total. The minimum Gasteiger partial charge on any atom is -0.349 e. The number of rotatable bonds is 6. The minimum atomic E-state index is -0.405. The van der Waals surface area contributed by atoms with Crippen molar-refractivity contribution in [1.29, 1.82) is 0 Å². The van der Waals surface area contributed by atoms with Gasteiger partial charge in [0.05, 0.1) is 24.0 Å². The van der Waals surface area contributed by atoms with E-state index in [9.17, 15) is 14.0 Å². The largest absolute Gasteiger partial charge is 0.349 e. The molecule has 0 bridgehead atoms. The highest BCUT2D eigenvalue weighted by Gasteiger charge is 2.18. The summed E-state index contributed by atoms with van der Waals surface area (Å²) in [6.45, 7) is 0.351. The molecule has 0 unspecified atom stereocenters. The van der Waals surface area contributed by atoms with E-state index in [4.69, 9.17) is 0 Å². The number of aromatic nitrogens is 3. The number of pyridine rings is 2. The fourth-order valence-corrected chi connectivity index (χ4v) is 3.11. The van der Waals surface area contributed by atoms with Gasteiger partial charge in [0.25, 0.3) is 0 Å². The highest BCUT2D eigenvalue weighted by molar-refractivity contribution is 6.16. The summed E-state index contributed by atoms with van der Waals surface area (Å²) in [7, 11) is 0. The van der Waals surface area contributed by atoms with Crippen molar-refractivity contribution < 1.29 is 14.0 Å². The molecule has 3 aromatic heterocycles. The number of ketones is 1. The topological polar surface area (TPSA) is 76.9 Å². The van der Waals surface area contributed by atoms with Crippen molar-refractivity contribution in [2.24, 2.45) is 0 Å². The van der Waals surface area contributed by atoms with Crippen LogP contribution in [0.5, 0.6) is 0 Å². The van der Waals surface area contributed by atoms with Crippen molar-refractivity contribution in [2.75, 3.05) is 0 Å². The van der Waals surface area contributed by atoms with E-state index in [1.807, 2.05) is 18.2 Å². The molecule has 7 heteroatoms. The first-order valence-corrected chi connectivity index (χ1v) is 9.01. The van der Waals surface area contributed by atoms with Crippen molar-refractivity contribution in [3.8, 4) is 0 Å². The van der Waals surface area contributed by atoms with E-state index in [0.29, 0.717) is 28.6 Å². The Balaban J connectivity index is 1.58. The maximum atomic E-state index is 13.2. The number of carbonyl (C=O) groups excluding carboxylic acids is 2.